The maximum Gasteiger partial charge on any atom is 0.573 e. The van der Waals surface area contributed by atoms with E-state index in [1.807, 2.05) is 22.9 Å². The van der Waals surface area contributed by atoms with Crippen LogP contribution < -0.4 is 10.1 Å². The number of alkyl halides is 3. The highest BCUT2D eigenvalue weighted by Crippen LogP contribution is 2.32. The van der Waals surface area contributed by atoms with Crippen LogP contribution in [0.25, 0.3) is 11.3 Å². The molecule has 8 nitrogen and oxygen atoms in total. The summed E-state index contributed by atoms with van der Waals surface area (Å²) in [5.74, 6) is -1.55. The summed E-state index contributed by atoms with van der Waals surface area (Å²) < 4.78 is 48.0. The van der Waals surface area contributed by atoms with Gasteiger partial charge >= 0.3 is 12.3 Å². The topological polar surface area (TPSA) is 103 Å². The molecule has 1 aliphatic rings. The molecule has 1 atom stereocenters. The van der Waals surface area contributed by atoms with Crippen LogP contribution in [-0.2, 0) is 16.0 Å². The molecule has 2 N–H and O–H groups in total. The first-order valence-corrected chi connectivity index (χ1v) is 12.7. The van der Waals surface area contributed by atoms with Crippen LogP contribution in [-0.4, -0.2) is 52.9 Å². The first kappa shape index (κ1) is 28.2. The van der Waals surface area contributed by atoms with E-state index in [2.05, 4.69) is 14.8 Å². The smallest absolute Gasteiger partial charge is 0.467 e. The van der Waals surface area contributed by atoms with Gasteiger partial charge in [0.15, 0.2) is 6.10 Å². The van der Waals surface area contributed by atoms with Gasteiger partial charge in [-0.15, -0.1) is 13.2 Å². The third kappa shape index (κ3) is 7.60. The van der Waals surface area contributed by atoms with Gasteiger partial charge in [0.2, 0.25) is 0 Å². The highest BCUT2D eigenvalue weighted by molar-refractivity contribution is 5.94. The van der Waals surface area contributed by atoms with Crippen molar-refractivity contribution in [3.8, 4) is 17.0 Å². The van der Waals surface area contributed by atoms with E-state index in [4.69, 9.17) is 5.10 Å². The van der Waals surface area contributed by atoms with Crippen molar-refractivity contribution in [3.05, 3.63) is 71.4 Å². The van der Waals surface area contributed by atoms with Gasteiger partial charge in [0.05, 0.1) is 25.4 Å². The van der Waals surface area contributed by atoms with Gasteiger partial charge in [-0.25, -0.2) is 4.79 Å². The predicted octanol–water partition coefficient (Wildman–Crippen LogP) is 4.81. The molecule has 0 aliphatic heterocycles. The molecule has 208 valence electrons. The number of aromatic nitrogens is 2. The highest BCUT2D eigenvalue weighted by atomic mass is 19.4. The van der Waals surface area contributed by atoms with E-state index >= 15 is 0 Å². The maximum absolute atomic E-state index is 12.5. The number of nitrogens with zero attached hydrogens (tertiary/aromatic N) is 2. The molecule has 0 bridgehead atoms. The van der Waals surface area contributed by atoms with Crippen molar-refractivity contribution >= 4 is 11.9 Å². The average Bonchev–Trinajstić information content (AvgIpc) is 3.35. The summed E-state index contributed by atoms with van der Waals surface area (Å²) in [6, 6.07) is 14.8. The fraction of sp³-hybridized carbons (Fsp3) is 0.393. The molecule has 0 saturated heterocycles. The highest BCUT2D eigenvalue weighted by Gasteiger charge is 2.31. The summed E-state index contributed by atoms with van der Waals surface area (Å²) in [5.41, 5.74) is 3.62. The number of hydrogen-bond acceptors (Lipinski definition) is 6. The van der Waals surface area contributed by atoms with Gasteiger partial charge in [0, 0.05) is 23.2 Å². The molecule has 11 heteroatoms. The van der Waals surface area contributed by atoms with Crippen LogP contribution in [0.15, 0.2) is 54.6 Å². The number of nitrogens with one attached hydrogen (secondary N) is 1. The van der Waals surface area contributed by atoms with E-state index in [0.29, 0.717) is 23.2 Å². The number of rotatable bonds is 9. The lowest BCUT2D eigenvalue weighted by Crippen LogP contribution is -2.37. The molecule has 0 radical (unpaired) electrons. The molecule has 1 aromatic heterocycles. The molecular weight excluding hydrogens is 515 g/mol. The molecule has 1 aliphatic carbocycles. The average molecular weight is 546 g/mol. The Labute approximate surface area is 223 Å². The van der Waals surface area contributed by atoms with Crippen molar-refractivity contribution in [2.45, 2.75) is 57.0 Å². The number of hydrogen-bond donors (Lipinski definition) is 2. The molecule has 1 amide bonds. The van der Waals surface area contributed by atoms with Crippen molar-refractivity contribution in [1.29, 1.82) is 0 Å². The monoisotopic (exact) mass is 545 g/mol. The summed E-state index contributed by atoms with van der Waals surface area (Å²) in [7, 11) is 1.15. The minimum Gasteiger partial charge on any atom is -0.467 e. The van der Waals surface area contributed by atoms with E-state index in [1.165, 1.54) is 18.6 Å². The zero-order valence-electron chi connectivity index (χ0n) is 21.4. The molecule has 1 unspecified atom stereocenters. The fourth-order valence-corrected chi connectivity index (χ4v) is 4.67. The van der Waals surface area contributed by atoms with E-state index < -0.39 is 24.3 Å². The standard InChI is InChI=1S/C28H30F3N3O5/c1-38-27(37)25(35)17-32-26(36)20-9-7-18(8-10-20)15-22-16-24(33-34(22)21-5-3-2-4-6-21)19-11-13-23(14-12-19)39-28(29,30)31/h7-14,16,21,25,35H,2-6,15,17H2,1H3,(H,32,36). The Morgan fingerprint density at radius 3 is 2.36 bits per heavy atom. The third-order valence-electron chi connectivity index (χ3n) is 6.65. The fourth-order valence-electron chi connectivity index (χ4n) is 4.67. The van der Waals surface area contributed by atoms with Crippen LogP contribution >= 0.6 is 0 Å². The van der Waals surface area contributed by atoms with Crippen LogP contribution in [0.1, 0.15) is 59.8 Å². The van der Waals surface area contributed by atoms with Gasteiger partial charge in [0.1, 0.15) is 5.75 Å². The lowest BCUT2D eigenvalue weighted by Gasteiger charge is -2.24. The van der Waals surface area contributed by atoms with Crippen LogP contribution in [0.2, 0.25) is 0 Å². The molecule has 1 fully saturated rings. The second-order valence-corrected chi connectivity index (χ2v) is 9.45. The Morgan fingerprint density at radius 1 is 1.08 bits per heavy atom. The van der Waals surface area contributed by atoms with Crippen molar-refractivity contribution in [1.82, 2.24) is 15.1 Å². The molecular formula is C28H30F3N3O5. The van der Waals surface area contributed by atoms with Crippen LogP contribution in [0, 0.1) is 0 Å². The SMILES string of the molecule is COC(=O)C(O)CNC(=O)c1ccc(Cc2cc(-c3ccc(OC(F)(F)F)cc3)nn2C2CCCCC2)cc1. The van der Waals surface area contributed by atoms with Crippen molar-refractivity contribution in [2.24, 2.45) is 0 Å². The number of amides is 1. The number of aliphatic hydroxyl groups is 1. The summed E-state index contributed by atoms with van der Waals surface area (Å²) in [6.07, 6.45) is -0.248. The summed E-state index contributed by atoms with van der Waals surface area (Å²) in [5, 5.41) is 17.0. The minimum atomic E-state index is -4.75. The maximum atomic E-state index is 12.5. The summed E-state index contributed by atoms with van der Waals surface area (Å²) in [4.78, 5) is 23.7. The zero-order chi connectivity index (χ0) is 28.0. The predicted molar refractivity (Wildman–Crippen MR) is 136 cm³/mol. The van der Waals surface area contributed by atoms with Crippen LogP contribution in [0.3, 0.4) is 0 Å². The Hall–Kier alpha value is -3.86. The van der Waals surface area contributed by atoms with E-state index in [1.54, 1.807) is 24.3 Å². The number of halogens is 3. The van der Waals surface area contributed by atoms with Crippen molar-refractivity contribution < 1.29 is 37.3 Å². The number of benzene rings is 2. The van der Waals surface area contributed by atoms with E-state index in [-0.39, 0.29) is 18.3 Å². The molecule has 4 rings (SSSR count). The quantitative estimate of drug-likeness (QED) is 0.374. The summed E-state index contributed by atoms with van der Waals surface area (Å²) >= 11 is 0. The number of methoxy groups -OCH3 is 1. The van der Waals surface area contributed by atoms with Crippen LogP contribution in [0.4, 0.5) is 13.2 Å². The van der Waals surface area contributed by atoms with E-state index in [0.717, 1.165) is 44.1 Å². The molecule has 3 aromatic rings. The Morgan fingerprint density at radius 2 is 1.74 bits per heavy atom. The lowest BCUT2D eigenvalue weighted by molar-refractivity contribution is -0.274. The number of aliphatic hydroxyl groups excluding tert-OH is 1. The Bertz CT molecular complexity index is 1270. The molecule has 1 heterocycles. The third-order valence-corrected chi connectivity index (χ3v) is 6.65. The lowest BCUT2D eigenvalue weighted by atomic mass is 9.95. The van der Waals surface area contributed by atoms with Gasteiger partial charge in [-0.05, 0) is 60.9 Å². The second kappa shape index (κ2) is 12.3. The Kier molecular flexibility index (Phi) is 8.90. The molecule has 1 saturated carbocycles. The number of esters is 1. The van der Waals surface area contributed by atoms with Crippen molar-refractivity contribution in [3.63, 3.8) is 0 Å². The summed E-state index contributed by atoms with van der Waals surface area (Å²) in [6.45, 7) is -0.264. The Balaban J connectivity index is 1.50. The van der Waals surface area contributed by atoms with Gasteiger partial charge in [0.25, 0.3) is 5.91 Å². The molecule has 39 heavy (non-hydrogen) atoms. The first-order valence-electron chi connectivity index (χ1n) is 12.7. The van der Waals surface area contributed by atoms with Crippen molar-refractivity contribution in [2.75, 3.05) is 13.7 Å². The number of carbonyl (C=O) groups excluding carboxylic acids is 2. The second-order valence-electron chi connectivity index (χ2n) is 9.45. The van der Waals surface area contributed by atoms with Crippen LogP contribution in [0.5, 0.6) is 5.75 Å². The first-order chi connectivity index (χ1) is 18.6. The number of carbonyl (C=O) groups is 2. The minimum absolute atomic E-state index is 0.238. The van der Waals surface area contributed by atoms with Gasteiger partial charge in [-0.3, -0.25) is 9.48 Å². The largest absolute Gasteiger partial charge is 0.573 e. The van der Waals surface area contributed by atoms with E-state index in [9.17, 15) is 27.9 Å². The molecule has 2 aromatic carbocycles. The number of ether oxygens (including phenoxy) is 2. The molecule has 0 spiro atoms. The zero-order valence-corrected chi connectivity index (χ0v) is 21.4. The van der Waals surface area contributed by atoms with Gasteiger partial charge in [-0.2, -0.15) is 5.10 Å². The van der Waals surface area contributed by atoms with Gasteiger partial charge in [-0.1, -0.05) is 31.4 Å². The normalized spacial score (nSPS) is 15.0. The van der Waals surface area contributed by atoms with Gasteiger partial charge < -0.3 is 19.9 Å².